The van der Waals surface area contributed by atoms with Crippen LogP contribution in [0.2, 0.25) is 0 Å². The molecule has 0 unspecified atom stereocenters. The standard InChI is InChI=1S/C12H12BrNO2/c1-16-12(15)8-10-5-9(3-2-4-14)6-11(13)7-10/h5-7H,2-3,8H2,1H3. The first-order chi connectivity index (χ1) is 7.65. The average Bonchev–Trinajstić information content (AvgIpc) is 2.25. The highest BCUT2D eigenvalue weighted by molar-refractivity contribution is 9.10. The van der Waals surface area contributed by atoms with Crippen molar-refractivity contribution >= 4 is 21.9 Å². The molecule has 3 nitrogen and oxygen atoms in total. The first kappa shape index (κ1) is 12.7. The predicted molar refractivity (Wildman–Crippen MR) is 63.8 cm³/mol. The number of carbonyl (C=O) groups excluding carboxylic acids is 1. The number of esters is 1. The van der Waals surface area contributed by atoms with E-state index in [0.717, 1.165) is 15.6 Å². The van der Waals surface area contributed by atoms with Gasteiger partial charge in [0.15, 0.2) is 0 Å². The molecule has 4 heteroatoms. The Labute approximate surface area is 103 Å². The summed E-state index contributed by atoms with van der Waals surface area (Å²) >= 11 is 3.38. The van der Waals surface area contributed by atoms with Gasteiger partial charge in [0.2, 0.25) is 0 Å². The summed E-state index contributed by atoms with van der Waals surface area (Å²) in [5, 5.41) is 8.51. The highest BCUT2D eigenvalue weighted by Gasteiger charge is 2.05. The topological polar surface area (TPSA) is 50.1 Å². The molecule has 0 saturated heterocycles. The van der Waals surface area contributed by atoms with E-state index in [1.165, 1.54) is 7.11 Å². The van der Waals surface area contributed by atoms with Crippen molar-refractivity contribution in [2.45, 2.75) is 19.3 Å². The SMILES string of the molecule is COC(=O)Cc1cc(Br)cc(CCC#N)c1. The summed E-state index contributed by atoms with van der Waals surface area (Å²) < 4.78 is 5.53. The summed E-state index contributed by atoms with van der Waals surface area (Å²) in [6.07, 6.45) is 1.44. The highest BCUT2D eigenvalue weighted by atomic mass is 79.9. The molecule has 0 aliphatic rings. The number of benzene rings is 1. The molecule has 84 valence electrons. The second kappa shape index (κ2) is 6.29. The van der Waals surface area contributed by atoms with E-state index in [0.29, 0.717) is 12.8 Å². The Kier molecular flexibility index (Phi) is 5.00. The summed E-state index contributed by atoms with van der Waals surface area (Å²) in [5.41, 5.74) is 1.95. The Hall–Kier alpha value is -1.34. The largest absolute Gasteiger partial charge is 0.469 e. The minimum Gasteiger partial charge on any atom is -0.469 e. The first-order valence-corrected chi connectivity index (χ1v) is 5.67. The van der Waals surface area contributed by atoms with Gasteiger partial charge in [0, 0.05) is 10.9 Å². The van der Waals surface area contributed by atoms with Crippen LogP contribution in [0.1, 0.15) is 17.5 Å². The molecule has 0 atom stereocenters. The lowest BCUT2D eigenvalue weighted by atomic mass is 10.0. The lowest BCUT2D eigenvalue weighted by molar-refractivity contribution is -0.139. The second-order valence-corrected chi connectivity index (χ2v) is 4.29. The molecule has 1 aromatic carbocycles. The van der Waals surface area contributed by atoms with Gasteiger partial charge in [-0.25, -0.2) is 0 Å². The van der Waals surface area contributed by atoms with Crippen molar-refractivity contribution in [1.82, 2.24) is 0 Å². The molecule has 0 aliphatic heterocycles. The number of methoxy groups -OCH3 is 1. The van der Waals surface area contributed by atoms with Crippen LogP contribution in [0.5, 0.6) is 0 Å². The van der Waals surface area contributed by atoms with Gasteiger partial charge in [-0.3, -0.25) is 4.79 Å². The Morgan fingerprint density at radius 1 is 1.44 bits per heavy atom. The number of carbonyl (C=O) groups is 1. The molecule has 0 N–H and O–H groups in total. The number of nitriles is 1. The Bertz CT molecular complexity index is 424. The Morgan fingerprint density at radius 2 is 2.12 bits per heavy atom. The zero-order valence-corrected chi connectivity index (χ0v) is 10.6. The van der Waals surface area contributed by atoms with E-state index in [9.17, 15) is 4.79 Å². The van der Waals surface area contributed by atoms with E-state index in [1.807, 2.05) is 18.2 Å². The molecule has 1 aromatic rings. The molecular formula is C12H12BrNO2. The van der Waals surface area contributed by atoms with Gasteiger partial charge in [0.25, 0.3) is 0 Å². The summed E-state index contributed by atoms with van der Waals surface area (Å²) in [6, 6.07) is 7.87. The van der Waals surface area contributed by atoms with Gasteiger partial charge < -0.3 is 4.74 Å². The van der Waals surface area contributed by atoms with Gasteiger partial charge in [-0.2, -0.15) is 5.26 Å². The molecule has 16 heavy (non-hydrogen) atoms. The van der Waals surface area contributed by atoms with Crippen LogP contribution in [-0.2, 0) is 22.4 Å². The van der Waals surface area contributed by atoms with Crippen molar-refractivity contribution in [1.29, 1.82) is 5.26 Å². The molecule has 0 radical (unpaired) electrons. The molecule has 0 aliphatic carbocycles. The van der Waals surface area contributed by atoms with Crippen LogP contribution in [0, 0.1) is 11.3 Å². The van der Waals surface area contributed by atoms with Crippen molar-refractivity contribution in [3.63, 3.8) is 0 Å². The third-order valence-electron chi connectivity index (χ3n) is 2.12. The van der Waals surface area contributed by atoms with Crippen LogP contribution in [0.25, 0.3) is 0 Å². The molecule has 0 bridgehead atoms. The van der Waals surface area contributed by atoms with Crippen LogP contribution in [0.4, 0.5) is 0 Å². The van der Waals surface area contributed by atoms with Crippen molar-refractivity contribution in [2.75, 3.05) is 7.11 Å². The number of halogens is 1. The van der Waals surface area contributed by atoms with Crippen molar-refractivity contribution in [3.8, 4) is 6.07 Å². The number of nitrogens with zero attached hydrogens (tertiary/aromatic N) is 1. The van der Waals surface area contributed by atoms with E-state index < -0.39 is 0 Å². The van der Waals surface area contributed by atoms with E-state index in [-0.39, 0.29) is 12.4 Å². The van der Waals surface area contributed by atoms with E-state index in [1.54, 1.807) is 0 Å². The van der Waals surface area contributed by atoms with Gasteiger partial charge in [-0.1, -0.05) is 22.0 Å². The fourth-order valence-corrected chi connectivity index (χ4v) is 1.99. The smallest absolute Gasteiger partial charge is 0.309 e. The lowest BCUT2D eigenvalue weighted by Gasteiger charge is -2.04. The first-order valence-electron chi connectivity index (χ1n) is 4.88. The zero-order chi connectivity index (χ0) is 12.0. The minimum absolute atomic E-state index is 0.259. The summed E-state index contributed by atoms with van der Waals surface area (Å²) in [6.45, 7) is 0. The number of rotatable bonds is 4. The predicted octanol–water partition coefficient (Wildman–Crippen LogP) is 2.62. The molecule has 0 saturated carbocycles. The molecule has 0 fully saturated rings. The van der Waals surface area contributed by atoms with Gasteiger partial charge in [0.1, 0.15) is 0 Å². The van der Waals surface area contributed by atoms with Gasteiger partial charge in [-0.15, -0.1) is 0 Å². The number of hydrogen-bond acceptors (Lipinski definition) is 3. The second-order valence-electron chi connectivity index (χ2n) is 3.38. The third kappa shape index (κ3) is 4.03. The normalized spacial score (nSPS) is 9.56. The molecule has 0 amide bonds. The number of hydrogen-bond donors (Lipinski definition) is 0. The van der Waals surface area contributed by atoms with E-state index >= 15 is 0 Å². The summed E-state index contributed by atoms with van der Waals surface area (Å²) in [7, 11) is 1.37. The summed E-state index contributed by atoms with van der Waals surface area (Å²) in [5.74, 6) is -0.260. The van der Waals surface area contributed by atoms with Crippen LogP contribution < -0.4 is 0 Å². The lowest BCUT2D eigenvalue weighted by Crippen LogP contribution is -2.04. The highest BCUT2D eigenvalue weighted by Crippen LogP contribution is 2.17. The minimum atomic E-state index is -0.260. The Balaban J connectivity index is 2.81. The molecular weight excluding hydrogens is 270 g/mol. The quantitative estimate of drug-likeness (QED) is 0.798. The maximum absolute atomic E-state index is 11.1. The number of aryl methyl sites for hydroxylation is 1. The van der Waals surface area contributed by atoms with Gasteiger partial charge in [-0.05, 0) is 29.7 Å². The fourth-order valence-electron chi connectivity index (χ4n) is 1.40. The molecule has 0 aromatic heterocycles. The monoisotopic (exact) mass is 281 g/mol. The molecule has 1 rings (SSSR count). The van der Waals surface area contributed by atoms with Crippen LogP contribution in [-0.4, -0.2) is 13.1 Å². The van der Waals surface area contributed by atoms with Gasteiger partial charge in [0.05, 0.1) is 19.6 Å². The van der Waals surface area contributed by atoms with Gasteiger partial charge >= 0.3 is 5.97 Å². The average molecular weight is 282 g/mol. The van der Waals surface area contributed by atoms with Crippen molar-refractivity contribution in [2.24, 2.45) is 0 Å². The van der Waals surface area contributed by atoms with Crippen LogP contribution >= 0.6 is 15.9 Å². The zero-order valence-electron chi connectivity index (χ0n) is 9.00. The maximum atomic E-state index is 11.1. The van der Waals surface area contributed by atoms with E-state index in [2.05, 4.69) is 26.7 Å². The fraction of sp³-hybridized carbons (Fsp3) is 0.333. The van der Waals surface area contributed by atoms with Crippen molar-refractivity contribution in [3.05, 3.63) is 33.8 Å². The third-order valence-corrected chi connectivity index (χ3v) is 2.58. The maximum Gasteiger partial charge on any atom is 0.309 e. The molecule has 0 spiro atoms. The molecule has 0 heterocycles. The Morgan fingerprint density at radius 3 is 2.75 bits per heavy atom. The summed E-state index contributed by atoms with van der Waals surface area (Å²) in [4.78, 5) is 11.1. The van der Waals surface area contributed by atoms with Crippen molar-refractivity contribution < 1.29 is 9.53 Å². The van der Waals surface area contributed by atoms with E-state index in [4.69, 9.17) is 5.26 Å². The van der Waals surface area contributed by atoms with Crippen LogP contribution in [0.3, 0.4) is 0 Å². The number of ether oxygens (including phenoxy) is 1. The van der Waals surface area contributed by atoms with Crippen LogP contribution in [0.15, 0.2) is 22.7 Å².